The molecule has 2 atom stereocenters. The molecule has 1 aromatic heterocycles. The van der Waals surface area contributed by atoms with E-state index in [0.29, 0.717) is 11.1 Å². The first kappa shape index (κ1) is 15.2. The van der Waals surface area contributed by atoms with Crippen molar-refractivity contribution in [1.29, 1.82) is 0 Å². The predicted molar refractivity (Wildman–Crippen MR) is 73.5 cm³/mol. The average molecular weight is 295 g/mol. The van der Waals surface area contributed by atoms with Gasteiger partial charge < -0.3 is 4.74 Å². The van der Waals surface area contributed by atoms with Gasteiger partial charge in [0, 0.05) is 24.4 Å². The molecule has 2 rings (SSSR count). The van der Waals surface area contributed by atoms with Crippen LogP contribution in [0.25, 0.3) is 0 Å². The van der Waals surface area contributed by atoms with Crippen molar-refractivity contribution in [3.63, 3.8) is 0 Å². The summed E-state index contributed by atoms with van der Waals surface area (Å²) in [6.45, 7) is 7.32. The number of H-pyrrole nitrogens is 1. The van der Waals surface area contributed by atoms with Crippen LogP contribution in [-0.4, -0.2) is 40.3 Å². The maximum absolute atomic E-state index is 11.9. The number of hydrogen-bond acceptors (Lipinski definition) is 6. The highest BCUT2D eigenvalue weighted by Gasteiger charge is 2.42. The number of carbonyl (C=O) groups excluding carboxylic acids is 1. The Hall–Kier alpha value is -2.19. The lowest BCUT2D eigenvalue weighted by Gasteiger charge is -2.15. The number of aromatic nitrogens is 2. The first-order valence-electron chi connectivity index (χ1n) is 6.43. The largest absolute Gasteiger partial charge is 0.465 e. The predicted octanol–water partition coefficient (Wildman–Crippen LogP) is -0.291. The summed E-state index contributed by atoms with van der Waals surface area (Å²) in [4.78, 5) is 42.9. The Bertz CT molecular complexity index is 690. The minimum atomic E-state index is -0.868. The molecule has 1 aromatic rings. The molecule has 21 heavy (non-hydrogen) atoms. The molecule has 1 saturated heterocycles. The second kappa shape index (κ2) is 5.66. The zero-order chi connectivity index (χ0) is 15.7. The lowest BCUT2D eigenvalue weighted by molar-refractivity contribution is -0.182. The van der Waals surface area contributed by atoms with Gasteiger partial charge >= 0.3 is 11.7 Å². The number of nitrogens with zero attached hydrogens (tertiary/aromatic N) is 2. The van der Waals surface area contributed by atoms with Gasteiger partial charge in [-0.25, -0.2) is 9.59 Å². The number of esters is 1. The third-order valence-electron chi connectivity index (χ3n) is 3.21. The van der Waals surface area contributed by atoms with Crippen molar-refractivity contribution in [3.8, 4) is 0 Å². The minimum Gasteiger partial charge on any atom is -0.465 e. The summed E-state index contributed by atoms with van der Waals surface area (Å²) < 4.78 is 6.15. The molecule has 0 radical (unpaired) electrons. The van der Waals surface area contributed by atoms with E-state index in [9.17, 15) is 14.4 Å². The maximum Gasteiger partial charge on any atom is 0.330 e. The normalized spacial score (nSPS) is 22.5. The molecule has 8 nitrogen and oxygen atoms in total. The van der Waals surface area contributed by atoms with E-state index in [1.807, 2.05) is 0 Å². The van der Waals surface area contributed by atoms with Crippen molar-refractivity contribution in [1.82, 2.24) is 14.6 Å². The van der Waals surface area contributed by atoms with Gasteiger partial charge in [0.05, 0.1) is 6.61 Å². The van der Waals surface area contributed by atoms with Gasteiger partial charge in [-0.15, -0.1) is 0 Å². The molecule has 1 N–H and O–H groups in total. The quantitative estimate of drug-likeness (QED) is 0.608. The Morgan fingerprint density at radius 3 is 2.81 bits per heavy atom. The molecule has 0 amide bonds. The second-order valence-corrected chi connectivity index (χ2v) is 4.71. The van der Waals surface area contributed by atoms with Gasteiger partial charge in [0.1, 0.15) is 0 Å². The van der Waals surface area contributed by atoms with E-state index < -0.39 is 29.5 Å². The molecule has 0 bridgehead atoms. The highest BCUT2D eigenvalue weighted by Crippen LogP contribution is 2.31. The van der Waals surface area contributed by atoms with Crippen LogP contribution in [0.15, 0.2) is 27.9 Å². The number of rotatable bonds is 3. The van der Waals surface area contributed by atoms with Crippen LogP contribution in [0, 0.1) is 6.92 Å². The summed E-state index contributed by atoms with van der Waals surface area (Å²) in [5.41, 5.74) is -0.373. The molecule has 0 aromatic carbocycles. The van der Waals surface area contributed by atoms with Gasteiger partial charge in [0.25, 0.3) is 5.56 Å². The number of ether oxygens (including phenoxy) is 1. The Labute approximate surface area is 120 Å². The van der Waals surface area contributed by atoms with Crippen molar-refractivity contribution in [3.05, 3.63) is 44.8 Å². The van der Waals surface area contributed by atoms with Crippen LogP contribution < -0.4 is 11.2 Å². The third-order valence-corrected chi connectivity index (χ3v) is 3.21. The third kappa shape index (κ3) is 2.67. The minimum absolute atomic E-state index is 0.235. The number of likely N-dealkylation sites (N-methyl/N-ethyl adjacent to an activating group) is 1. The Balaban J connectivity index is 2.38. The summed E-state index contributed by atoms with van der Waals surface area (Å²) in [6.07, 6.45) is 0.505. The molecule has 114 valence electrons. The summed E-state index contributed by atoms with van der Waals surface area (Å²) in [5, 5.41) is 1.29. The number of aryl methyl sites for hydroxylation is 1. The smallest absolute Gasteiger partial charge is 0.330 e. The van der Waals surface area contributed by atoms with E-state index in [4.69, 9.17) is 9.57 Å². The molecule has 1 aliphatic heterocycles. The molecule has 0 saturated carbocycles. The fourth-order valence-electron chi connectivity index (χ4n) is 2.17. The highest BCUT2D eigenvalue weighted by atomic mass is 16.7. The second-order valence-electron chi connectivity index (χ2n) is 4.71. The number of nitrogens with one attached hydrogen (secondary N) is 1. The van der Waals surface area contributed by atoms with Gasteiger partial charge in [-0.3, -0.25) is 19.2 Å². The molecule has 8 heteroatoms. The fourth-order valence-corrected chi connectivity index (χ4v) is 2.17. The molecule has 0 spiro atoms. The molecule has 1 aliphatic rings. The number of aromatic amines is 1. The van der Waals surface area contributed by atoms with E-state index >= 15 is 0 Å². The number of hydrogen-bond donors (Lipinski definition) is 1. The van der Waals surface area contributed by atoms with Crippen LogP contribution in [0.3, 0.4) is 0 Å². The van der Waals surface area contributed by atoms with Crippen LogP contribution in [-0.2, 0) is 14.4 Å². The molecule has 0 unspecified atom stereocenters. The molecular formula is C13H17N3O5. The van der Waals surface area contributed by atoms with E-state index in [0.717, 1.165) is 0 Å². The monoisotopic (exact) mass is 295 g/mol. The van der Waals surface area contributed by atoms with E-state index in [2.05, 4.69) is 11.6 Å². The average Bonchev–Trinajstić information content (AvgIpc) is 2.69. The summed E-state index contributed by atoms with van der Waals surface area (Å²) >= 11 is 0. The Morgan fingerprint density at radius 1 is 1.52 bits per heavy atom. The van der Waals surface area contributed by atoms with Crippen LogP contribution in [0.5, 0.6) is 0 Å². The highest BCUT2D eigenvalue weighted by molar-refractivity contribution is 5.79. The maximum atomic E-state index is 11.9. The summed E-state index contributed by atoms with van der Waals surface area (Å²) in [5.74, 6) is -0.498. The molecule has 1 fully saturated rings. The summed E-state index contributed by atoms with van der Waals surface area (Å²) in [6, 6.07) is -0.797. The van der Waals surface area contributed by atoms with Crippen molar-refractivity contribution in [2.45, 2.75) is 26.1 Å². The molecule has 0 aliphatic carbocycles. The van der Waals surface area contributed by atoms with Crippen molar-refractivity contribution < 1.29 is 14.4 Å². The van der Waals surface area contributed by atoms with E-state index in [1.165, 1.54) is 15.8 Å². The van der Waals surface area contributed by atoms with Crippen LogP contribution >= 0.6 is 0 Å². The zero-order valence-electron chi connectivity index (χ0n) is 12.1. The number of hydroxylamine groups is 2. The van der Waals surface area contributed by atoms with Gasteiger partial charge in [-0.2, -0.15) is 5.06 Å². The van der Waals surface area contributed by atoms with Gasteiger partial charge in [-0.05, 0) is 13.8 Å². The Kier molecular flexibility index (Phi) is 4.10. The van der Waals surface area contributed by atoms with Crippen LogP contribution in [0.2, 0.25) is 0 Å². The Morgan fingerprint density at radius 2 is 2.19 bits per heavy atom. The first-order valence-corrected chi connectivity index (χ1v) is 6.43. The lowest BCUT2D eigenvalue weighted by atomic mass is 10.1. The van der Waals surface area contributed by atoms with Gasteiger partial charge in [0.15, 0.2) is 12.3 Å². The van der Waals surface area contributed by atoms with E-state index in [1.54, 1.807) is 20.9 Å². The van der Waals surface area contributed by atoms with Crippen LogP contribution in [0.4, 0.5) is 0 Å². The van der Waals surface area contributed by atoms with Crippen molar-refractivity contribution in [2.75, 3.05) is 13.7 Å². The topological polar surface area (TPSA) is 93.6 Å². The number of carbonyl (C=O) groups is 1. The molecular weight excluding hydrogens is 278 g/mol. The van der Waals surface area contributed by atoms with Gasteiger partial charge in [-0.1, -0.05) is 6.58 Å². The standard InChI is InChI=1S/C13H17N3O5/c1-5-20-12(18)9-8(3)11(21-15(9)4)16-6-7(2)10(17)14-13(16)19/h6,9,11H,3,5H2,1-2,4H3,(H,14,17,19)/t9-,11-/m1/s1. The van der Waals surface area contributed by atoms with Gasteiger partial charge in [0.2, 0.25) is 0 Å². The molecule has 2 heterocycles. The zero-order valence-corrected chi connectivity index (χ0v) is 12.1. The summed E-state index contributed by atoms with van der Waals surface area (Å²) in [7, 11) is 1.55. The van der Waals surface area contributed by atoms with Crippen LogP contribution in [0.1, 0.15) is 18.7 Å². The van der Waals surface area contributed by atoms with Crippen molar-refractivity contribution in [2.24, 2.45) is 0 Å². The lowest BCUT2D eigenvalue weighted by Crippen LogP contribution is -2.35. The first-order chi connectivity index (χ1) is 9.86. The van der Waals surface area contributed by atoms with E-state index in [-0.39, 0.29) is 6.61 Å². The van der Waals surface area contributed by atoms with Crippen molar-refractivity contribution >= 4 is 5.97 Å². The SMILES string of the molecule is C=C1[C@H](C(=O)OCC)N(C)O[C@H]1n1cc(C)c(=O)[nH]c1=O. The fraction of sp³-hybridized carbons (Fsp3) is 0.462.